The van der Waals surface area contributed by atoms with Gasteiger partial charge in [0.15, 0.2) is 0 Å². The molecule has 1 aliphatic rings. The smallest absolute Gasteiger partial charge is 0.283 e. The molecule has 0 spiro atoms. The maximum atomic E-state index is 12.9. The highest BCUT2D eigenvalue weighted by Gasteiger charge is 2.39. The van der Waals surface area contributed by atoms with Crippen LogP contribution in [0.5, 0.6) is 0 Å². The van der Waals surface area contributed by atoms with Crippen molar-refractivity contribution < 1.29 is 14.4 Å². The van der Waals surface area contributed by atoms with E-state index in [1.807, 2.05) is 37.3 Å². The Morgan fingerprint density at radius 2 is 1.47 bits per heavy atom. The molecule has 0 fully saturated rings. The standard InChI is InChI=1S/C25H18Cl3N3O3/c1-14(15-5-3-2-4-6-15)29-23(32)16-7-9-19(10-8-16)30-22-21(28)24(33)31(25(22)34)20-12-17(26)11-18(27)13-20/h2-14,30H,1H3,(H,29,32). The zero-order chi connectivity index (χ0) is 24.4. The van der Waals surface area contributed by atoms with E-state index in [1.54, 1.807) is 24.3 Å². The second-order valence-electron chi connectivity index (χ2n) is 7.57. The van der Waals surface area contributed by atoms with Crippen molar-refractivity contribution in [3.8, 4) is 0 Å². The van der Waals surface area contributed by atoms with Crippen LogP contribution in [0, 0.1) is 0 Å². The van der Waals surface area contributed by atoms with E-state index in [9.17, 15) is 14.4 Å². The van der Waals surface area contributed by atoms with Gasteiger partial charge in [-0.25, -0.2) is 4.90 Å². The number of nitrogens with zero attached hydrogens (tertiary/aromatic N) is 1. The highest BCUT2D eigenvalue weighted by atomic mass is 35.5. The number of amides is 3. The molecule has 0 radical (unpaired) electrons. The fraction of sp³-hybridized carbons (Fsp3) is 0.0800. The molecule has 9 heteroatoms. The fourth-order valence-electron chi connectivity index (χ4n) is 3.47. The van der Waals surface area contributed by atoms with Crippen molar-refractivity contribution in [1.82, 2.24) is 5.32 Å². The lowest BCUT2D eigenvalue weighted by atomic mass is 10.1. The predicted octanol–water partition coefficient (Wildman–Crippen LogP) is 5.92. The van der Waals surface area contributed by atoms with Gasteiger partial charge in [0, 0.05) is 21.3 Å². The van der Waals surface area contributed by atoms with Crippen molar-refractivity contribution in [3.05, 3.63) is 105 Å². The number of rotatable bonds is 6. The Bertz CT molecular complexity index is 1290. The molecule has 0 saturated carbocycles. The summed E-state index contributed by atoms with van der Waals surface area (Å²) >= 11 is 18.2. The zero-order valence-electron chi connectivity index (χ0n) is 17.8. The van der Waals surface area contributed by atoms with Crippen LogP contribution in [0.25, 0.3) is 0 Å². The van der Waals surface area contributed by atoms with Crippen molar-refractivity contribution in [1.29, 1.82) is 0 Å². The van der Waals surface area contributed by atoms with E-state index in [4.69, 9.17) is 34.8 Å². The molecule has 1 atom stereocenters. The van der Waals surface area contributed by atoms with E-state index in [-0.39, 0.29) is 38.4 Å². The summed E-state index contributed by atoms with van der Waals surface area (Å²) in [7, 11) is 0. The van der Waals surface area contributed by atoms with Gasteiger partial charge in [0.25, 0.3) is 17.7 Å². The lowest BCUT2D eigenvalue weighted by Gasteiger charge is -2.16. The number of nitrogens with one attached hydrogen (secondary N) is 2. The summed E-state index contributed by atoms with van der Waals surface area (Å²) in [4.78, 5) is 39.1. The molecule has 4 rings (SSSR count). The minimum absolute atomic E-state index is 0.0855. The summed E-state index contributed by atoms with van der Waals surface area (Å²) in [5, 5.41) is 6.10. The lowest BCUT2D eigenvalue weighted by Crippen LogP contribution is -2.32. The first-order valence-corrected chi connectivity index (χ1v) is 11.4. The van der Waals surface area contributed by atoms with Crippen molar-refractivity contribution in [2.45, 2.75) is 13.0 Å². The molecule has 172 valence electrons. The van der Waals surface area contributed by atoms with Crippen LogP contribution in [-0.2, 0) is 9.59 Å². The van der Waals surface area contributed by atoms with Gasteiger partial charge in [-0.15, -0.1) is 0 Å². The molecule has 0 aromatic heterocycles. The number of halogens is 3. The first-order chi connectivity index (χ1) is 16.2. The molecule has 1 aliphatic heterocycles. The highest BCUT2D eigenvalue weighted by molar-refractivity contribution is 6.53. The monoisotopic (exact) mass is 513 g/mol. The summed E-state index contributed by atoms with van der Waals surface area (Å²) in [6.07, 6.45) is 0. The number of anilines is 2. The highest BCUT2D eigenvalue weighted by Crippen LogP contribution is 2.33. The van der Waals surface area contributed by atoms with Gasteiger partial charge in [0.2, 0.25) is 0 Å². The van der Waals surface area contributed by atoms with Crippen LogP contribution in [0.1, 0.15) is 28.9 Å². The van der Waals surface area contributed by atoms with Crippen molar-refractivity contribution in [3.63, 3.8) is 0 Å². The third-order valence-electron chi connectivity index (χ3n) is 5.20. The molecule has 3 aromatic rings. The number of imide groups is 1. The second kappa shape index (κ2) is 9.89. The van der Waals surface area contributed by atoms with E-state index < -0.39 is 11.8 Å². The van der Waals surface area contributed by atoms with Gasteiger partial charge in [-0.3, -0.25) is 14.4 Å². The Kier molecular flexibility index (Phi) is 6.93. The molecule has 1 heterocycles. The van der Waals surface area contributed by atoms with Crippen LogP contribution in [0.4, 0.5) is 11.4 Å². The Hall–Kier alpha value is -3.32. The third-order valence-corrected chi connectivity index (χ3v) is 5.98. The average molecular weight is 515 g/mol. The van der Waals surface area contributed by atoms with Gasteiger partial charge in [-0.1, -0.05) is 65.1 Å². The van der Waals surface area contributed by atoms with Gasteiger partial charge in [-0.05, 0) is 55.0 Å². The number of carbonyl (C=O) groups excluding carboxylic acids is 3. The molecule has 0 aliphatic carbocycles. The van der Waals surface area contributed by atoms with Gasteiger partial charge in [-0.2, -0.15) is 0 Å². The largest absolute Gasteiger partial charge is 0.350 e. The van der Waals surface area contributed by atoms with Crippen LogP contribution in [0.2, 0.25) is 10.0 Å². The minimum atomic E-state index is -0.696. The summed E-state index contributed by atoms with van der Waals surface area (Å²) < 4.78 is 0. The van der Waals surface area contributed by atoms with E-state index >= 15 is 0 Å². The molecule has 0 bridgehead atoms. The van der Waals surface area contributed by atoms with Gasteiger partial charge in [0.1, 0.15) is 10.7 Å². The summed E-state index contributed by atoms with van der Waals surface area (Å²) in [5.74, 6) is -1.58. The number of carbonyl (C=O) groups is 3. The quantitative estimate of drug-likeness (QED) is 0.400. The maximum absolute atomic E-state index is 12.9. The normalized spacial score (nSPS) is 14.4. The van der Waals surface area contributed by atoms with E-state index in [0.29, 0.717) is 11.3 Å². The predicted molar refractivity (Wildman–Crippen MR) is 134 cm³/mol. The van der Waals surface area contributed by atoms with Crippen LogP contribution in [0.3, 0.4) is 0 Å². The molecule has 6 nitrogen and oxygen atoms in total. The van der Waals surface area contributed by atoms with Crippen LogP contribution >= 0.6 is 34.8 Å². The molecule has 0 saturated heterocycles. The zero-order valence-corrected chi connectivity index (χ0v) is 20.1. The lowest BCUT2D eigenvalue weighted by molar-refractivity contribution is -0.120. The molecule has 2 N–H and O–H groups in total. The molecule has 3 amide bonds. The van der Waals surface area contributed by atoms with E-state index in [2.05, 4.69) is 10.6 Å². The fourth-order valence-corrected chi connectivity index (χ4v) is 4.20. The van der Waals surface area contributed by atoms with Crippen molar-refractivity contribution in [2.24, 2.45) is 0 Å². The molecular formula is C25H18Cl3N3O3. The Labute approximate surface area is 211 Å². The van der Waals surface area contributed by atoms with Crippen LogP contribution in [-0.4, -0.2) is 17.7 Å². The van der Waals surface area contributed by atoms with E-state index in [0.717, 1.165) is 10.5 Å². The topological polar surface area (TPSA) is 78.5 Å². The molecule has 1 unspecified atom stereocenters. The van der Waals surface area contributed by atoms with Crippen molar-refractivity contribution in [2.75, 3.05) is 10.2 Å². The summed E-state index contributed by atoms with van der Waals surface area (Å²) in [6.45, 7) is 1.90. The molecule has 3 aromatic carbocycles. The first kappa shape index (κ1) is 23.8. The Morgan fingerprint density at radius 1 is 0.853 bits per heavy atom. The van der Waals surface area contributed by atoms with Crippen LogP contribution in [0.15, 0.2) is 83.5 Å². The summed E-state index contributed by atoms with van der Waals surface area (Å²) in [6, 6.07) is 20.3. The first-order valence-electron chi connectivity index (χ1n) is 10.2. The maximum Gasteiger partial charge on any atom is 0.283 e. The van der Waals surface area contributed by atoms with Crippen molar-refractivity contribution >= 4 is 63.9 Å². The number of benzene rings is 3. The number of hydrogen-bond donors (Lipinski definition) is 2. The SMILES string of the molecule is CC(NC(=O)c1ccc(NC2=C(Cl)C(=O)N(c3cc(Cl)cc(Cl)c3)C2=O)cc1)c1ccccc1. The second-order valence-corrected chi connectivity index (χ2v) is 8.82. The summed E-state index contributed by atoms with van der Waals surface area (Å²) in [5.41, 5.74) is 2.04. The van der Waals surface area contributed by atoms with Gasteiger partial charge < -0.3 is 10.6 Å². The van der Waals surface area contributed by atoms with Gasteiger partial charge >= 0.3 is 0 Å². The number of hydrogen-bond acceptors (Lipinski definition) is 4. The van der Waals surface area contributed by atoms with E-state index in [1.165, 1.54) is 18.2 Å². The van der Waals surface area contributed by atoms with Gasteiger partial charge in [0.05, 0.1) is 11.7 Å². The molecule has 34 heavy (non-hydrogen) atoms. The average Bonchev–Trinajstić information content (AvgIpc) is 3.02. The Morgan fingerprint density at radius 3 is 2.09 bits per heavy atom. The third kappa shape index (κ3) is 4.94. The molecular weight excluding hydrogens is 497 g/mol. The Balaban J connectivity index is 1.47. The minimum Gasteiger partial charge on any atom is -0.350 e. The van der Waals surface area contributed by atoms with Crippen LogP contribution < -0.4 is 15.5 Å².